The van der Waals surface area contributed by atoms with Crippen molar-refractivity contribution in [3.05, 3.63) is 47.8 Å². The standard InChI is InChI=1S/C23H32N4O2/c1-16(2)27-15-21(29-19-8-6-5-7-9-19)22(27)18-10-12-26(13-11-18)23(28)20-14-17(3)24-25(20)4/h5-9,14,16,18,21-22H,10-13,15H2,1-4H3. The van der Waals surface area contributed by atoms with Gasteiger partial charge in [-0.3, -0.25) is 14.4 Å². The lowest BCUT2D eigenvalue weighted by Gasteiger charge is -2.54. The minimum absolute atomic E-state index is 0.0953. The molecule has 2 fully saturated rings. The van der Waals surface area contributed by atoms with Gasteiger partial charge in [-0.05, 0) is 57.7 Å². The number of carbonyl (C=O) groups excluding carboxylic acids is 1. The monoisotopic (exact) mass is 396 g/mol. The van der Waals surface area contributed by atoms with E-state index in [2.05, 4.69) is 23.8 Å². The van der Waals surface area contributed by atoms with Crippen molar-refractivity contribution in [3.8, 4) is 5.75 Å². The van der Waals surface area contributed by atoms with E-state index in [9.17, 15) is 4.79 Å². The van der Waals surface area contributed by atoms with Gasteiger partial charge in [0.05, 0.1) is 11.7 Å². The zero-order chi connectivity index (χ0) is 20.5. The molecule has 0 radical (unpaired) electrons. The highest BCUT2D eigenvalue weighted by molar-refractivity contribution is 5.92. The highest BCUT2D eigenvalue weighted by atomic mass is 16.5. The summed E-state index contributed by atoms with van der Waals surface area (Å²) in [7, 11) is 1.84. The van der Waals surface area contributed by atoms with E-state index < -0.39 is 0 Å². The fraction of sp³-hybridized carbons (Fsp3) is 0.565. The molecule has 2 unspecified atom stereocenters. The van der Waals surface area contributed by atoms with E-state index in [1.807, 2.05) is 55.3 Å². The molecule has 2 aromatic rings. The molecule has 1 aromatic heterocycles. The molecule has 1 amide bonds. The topological polar surface area (TPSA) is 50.6 Å². The summed E-state index contributed by atoms with van der Waals surface area (Å²) in [5, 5.41) is 4.32. The Kier molecular flexibility index (Phi) is 5.63. The van der Waals surface area contributed by atoms with Crippen LogP contribution in [-0.2, 0) is 7.05 Å². The lowest BCUT2D eigenvalue weighted by Crippen LogP contribution is -2.68. The third-order valence-electron chi connectivity index (χ3n) is 6.38. The van der Waals surface area contributed by atoms with Crippen LogP contribution in [0, 0.1) is 12.8 Å². The molecule has 2 atom stereocenters. The first-order valence-electron chi connectivity index (χ1n) is 10.7. The van der Waals surface area contributed by atoms with E-state index in [1.54, 1.807) is 4.68 Å². The number of carbonyl (C=O) groups is 1. The van der Waals surface area contributed by atoms with E-state index in [-0.39, 0.29) is 12.0 Å². The minimum atomic E-state index is 0.0953. The maximum atomic E-state index is 12.9. The first kappa shape index (κ1) is 20.0. The molecular formula is C23H32N4O2. The van der Waals surface area contributed by atoms with Gasteiger partial charge in [0.25, 0.3) is 5.91 Å². The first-order chi connectivity index (χ1) is 13.9. The molecular weight excluding hydrogens is 364 g/mol. The summed E-state index contributed by atoms with van der Waals surface area (Å²) in [6, 6.07) is 12.9. The number of likely N-dealkylation sites (tertiary alicyclic amines) is 2. The third kappa shape index (κ3) is 4.04. The molecule has 0 spiro atoms. The van der Waals surface area contributed by atoms with E-state index in [0.29, 0.717) is 23.7 Å². The van der Waals surface area contributed by atoms with Gasteiger partial charge >= 0.3 is 0 Å². The van der Waals surface area contributed by atoms with Gasteiger partial charge in [0.15, 0.2) is 0 Å². The maximum Gasteiger partial charge on any atom is 0.272 e. The lowest BCUT2D eigenvalue weighted by molar-refractivity contribution is -0.0983. The van der Waals surface area contributed by atoms with Gasteiger partial charge in [-0.1, -0.05) is 18.2 Å². The van der Waals surface area contributed by atoms with Crippen LogP contribution in [0.5, 0.6) is 5.75 Å². The predicted molar refractivity (Wildman–Crippen MR) is 113 cm³/mol. The number of rotatable bonds is 5. The van der Waals surface area contributed by atoms with E-state index >= 15 is 0 Å². The number of para-hydroxylation sites is 1. The maximum absolute atomic E-state index is 12.9. The van der Waals surface area contributed by atoms with E-state index in [0.717, 1.165) is 43.9 Å². The van der Waals surface area contributed by atoms with Crippen LogP contribution in [0.4, 0.5) is 0 Å². The zero-order valence-corrected chi connectivity index (χ0v) is 17.9. The molecule has 2 aliphatic rings. The van der Waals surface area contributed by atoms with Crippen molar-refractivity contribution in [2.75, 3.05) is 19.6 Å². The largest absolute Gasteiger partial charge is 0.487 e. The Bertz CT molecular complexity index is 840. The summed E-state index contributed by atoms with van der Waals surface area (Å²) in [5.41, 5.74) is 1.56. The van der Waals surface area contributed by atoms with E-state index in [1.165, 1.54) is 0 Å². The van der Waals surface area contributed by atoms with Crippen molar-refractivity contribution in [2.45, 2.75) is 51.8 Å². The van der Waals surface area contributed by atoms with Gasteiger partial charge in [0.2, 0.25) is 0 Å². The van der Waals surface area contributed by atoms with Crippen molar-refractivity contribution < 1.29 is 9.53 Å². The number of benzene rings is 1. The molecule has 6 nitrogen and oxygen atoms in total. The molecule has 4 rings (SSSR count). The molecule has 2 aliphatic heterocycles. The minimum Gasteiger partial charge on any atom is -0.487 e. The van der Waals surface area contributed by atoms with Crippen molar-refractivity contribution in [2.24, 2.45) is 13.0 Å². The summed E-state index contributed by atoms with van der Waals surface area (Å²) in [4.78, 5) is 17.4. The molecule has 0 N–H and O–H groups in total. The number of hydrogen-bond donors (Lipinski definition) is 0. The third-order valence-corrected chi connectivity index (χ3v) is 6.38. The van der Waals surface area contributed by atoms with Gasteiger partial charge in [-0.15, -0.1) is 0 Å². The fourth-order valence-electron chi connectivity index (χ4n) is 4.84. The van der Waals surface area contributed by atoms with E-state index in [4.69, 9.17) is 4.74 Å². The van der Waals surface area contributed by atoms with Gasteiger partial charge in [0.1, 0.15) is 17.5 Å². The van der Waals surface area contributed by atoms with Crippen molar-refractivity contribution in [1.82, 2.24) is 19.6 Å². The fourth-order valence-corrected chi connectivity index (χ4v) is 4.84. The van der Waals surface area contributed by atoms with Crippen LogP contribution in [-0.4, -0.2) is 63.3 Å². The molecule has 0 saturated carbocycles. The Morgan fingerprint density at radius 1 is 1.17 bits per heavy atom. The second-order valence-corrected chi connectivity index (χ2v) is 8.67. The Morgan fingerprint density at radius 3 is 2.45 bits per heavy atom. The number of ether oxygens (including phenoxy) is 1. The van der Waals surface area contributed by atoms with Crippen molar-refractivity contribution in [3.63, 3.8) is 0 Å². The molecule has 6 heteroatoms. The Morgan fingerprint density at radius 2 is 1.86 bits per heavy atom. The van der Waals surface area contributed by atoms with Crippen LogP contribution < -0.4 is 4.74 Å². The van der Waals surface area contributed by atoms with Crippen LogP contribution in [0.25, 0.3) is 0 Å². The average Bonchev–Trinajstić information content (AvgIpc) is 3.03. The van der Waals surface area contributed by atoms with Crippen LogP contribution in [0.1, 0.15) is 42.9 Å². The summed E-state index contributed by atoms with van der Waals surface area (Å²) in [5.74, 6) is 1.60. The molecule has 156 valence electrons. The van der Waals surface area contributed by atoms with Crippen molar-refractivity contribution >= 4 is 5.91 Å². The Balaban J connectivity index is 1.40. The molecule has 1 aromatic carbocycles. The summed E-state index contributed by atoms with van der Waals surface area (Å²) in [6.07, 6.45) is 2.27. The number of amides is 1. The predicted octanol–water partition coefficient (Wildman–Crippen LogP) is 3.12. The quantitative estimate of drug-likeness (QED) is 0.779. The van der Waals surface area contributed by atoms with Crippen LogP contribution in [0.15, 0.2) is 36.4 Å². The number of aryl methyl sites for hydroxylation is 2. The zero-order valence-electron chi connectivity index (χ0n) is 17.9. The van der Waals surface area contributed by atoms with Crippen LogP contribution in [0.3, 0.4) is 0 Å². The van der Waals surface area contributed by atoms with Gasteiger partial charge in [-0.2, -0.15) is 5.10 Å². The second kappa shape index (κ2) is 8.19. The van der Waals surface area contributed by atoms with Gasteiger partial charge in [0, 0.05) is 32.7 Å². The van der Waals surface area contributed by atoms with Crippen LogP contribution in [0.2, 0.25) is 0 Å². The van der Waals surface area contributed by atoms with Crippen LogP contribution >= 0.6 is 0 Å². The summed E-state index contributed by atoms with van der Waals surface area (Å²) < 4.78 is 8.02. The molecule has 0 bridgehead atoms. The first-order valence-corrected chi connectivity index (χ1v) is 10.7. The highest BCUT2D eigenvalue weighted by Crippen LogP contribution is 2.36. The number of piperidine rings is 1. The average molecular weight is 397 g/mol. The summed E-state index contributed by atoms with van der Waals surface area (Å²) >= 11 is 0. The smallest absolute Gasteiger partial charge is 0.272 e. The number of hydrogen-bond acceptors (Lipinski definition) is 4. The SMILES string of the molecule is Cc1cc(C(=O)N2CCC(C3C(Oc4ccccc4)CN3C(C)C)CC2)n(C)n1. The summed E-state index contributed by atoms with van der Waals surface area (Å²) in [6.45, 7) is 9.02. The number of nitrogens with zero attached hydrogens (tertiary/aromatic N) is 4. The lowest BCUT2D eigenvalue weighted by atomic mass is 9.79. The molecule has 29 heavy (non-hydrogen) atoms. The molecule has 2 saturated heterocycles. The Labute approximate surface area is 173 Å². The molecule has 3 heterocycles. The van der Waals surface area contributed by atoms with Gasteiger partial charge in [-0.25, -0.2) is 0 Å². The number of aromatic nitrogens is 2. The molecule has 0 aliphatic carbocycles. The highest BCUT2D eigenvalue weighted by Gasteiger charge is 2.47. The second-order valence-electron chi connectivity index (χ2n) is 8.67. The Hall–Kier alpha value is -2.34. The normalized spacial score (nSPS) is 23.3. The van der Waals surface area contributed by atoms with Crippen molar-refractivity contribution in [1.29, 1.82) is 0 Å². The van der Waals surface area contributed by atoms with Gasteiger partial charge < -0.3 is 9.64 Å².